The molecule has 0 spiro atoms. The molecule has 182 valence electrons. The van der Waals surface area contributed by atoms with E-state index in [1.807, 2.05) is 18.2 Å². The molecular formula is C25H18F3N5O3. The molecule has 1 aromatic carbocycles. The smallest absolute Gasteiger partial charge is 0.344 e. The molecule has 0 radical (unpaired) electrons. The quantitative estimate of drug-likeness (QED) is 0.440. The first kappa shape index (κ1) is 23.2. The second kappa shape index (κ2) is 9.25. The van der Waals surface area contributed by atoms with Gasteiger partial charge in [-0.1, -0.05) is 29.4 Å². The Hall–Kier alpha value is -4.54. The van der Waals surface area contributed by atoms with Crippen molar-refractivity contribution in [1.82, 2.24) is 25.0 Å². The van der Waals surface area contributed by atoms with Crippen LogP contribution >= 0.6 is 0 Å². The van der Waals surface area contributed by atoms with E-state index in [0.717, 1.165) is 29.0 Å². The molecule has 5 rings (SSSR count). The molecule has 0 fully saturated rings. The van der Waals surface area contributed by atoms with E-state index in [2.05, 4.69) is 20.4 Å². The van der Waals surface area contributed by atoms with Crippen LogP contribution in [-0.2, 0) is 25.7 Å². The average Bonchev–Trinajstić information content (AvgIpc) is 3.50. The van der Waals surface area contributed by atoms with Crippen molar-refractivity contribution in [2.45, 2.75) is 25.7 Å². The summed E-state index contributed by atoms with van der Waals surface area (Å²) in [6.45, 7) is -0.0551. The summed E-state index contributed by atoms with van der Waals surface area (Å²) < 4.78 is 44.9. The Balaban J connectivity index is 1.25. The number of alkyl halides is 3. The van der Waals surface area contributed by atoms with Gasteiger partial charge in [0.15, 0.2) is 5.82 Å². The minimum atomic E-state index is -4.44. The second-order valence-electron chi connectivity index (χ2n) is 8.07. The van der Waals surface area contributed by atoms with E-state index in [1.165, 1.54) is 35.0 Å². The lowest BCUT2D eigenvalue weighted by atomic mass is 10.1. The van der Waals surface area contributed by atoms with Gasteiger partial charge in [0.2, 0.25) is 0 Å². The number of halogens is 3. The maximum Gasteiger partial charge on any atom is 0.416 e. The third-order valence-electron chi connectivity index (χ3n) is 5.68. The average molecular weight is 493 g/mol. The number of fused-ring (bicyclic) bond motifs is 1. The van der Waals surface area contributed by atoms with Gasteiger partial charge in [0, 0.05) is 30.0 Å². The highest BCUT2D eigenvalue weighted by Gasteiger charge is 2.30. The van der Waals surface area contributed by atoms with Gasteiger partial charge in [-0.2, -0.15) is 18.2 Å². The SMILES string of the molecule is O=C(NCc1noc(C2=CCc3ncccc32)n1)c1cccn(Cc2ccc(C(F)(F)F)cc2)c1=O. The van der Waals surface area contributed by atoms with E-state index >= 15 is 0 Å². The number of hydrogen-bond donors (Lipinski definition) is 1. The number of nitrogens with one attached hydrogen (secondary N) is 1. The van der Waals surface area contributed by atoms with Gasteiger partial charge in [-0.25, -0.2) is 0 Å². The van der Waals surface area contributed by atoms with Gasteiger partial charge in [0.05, 0.1) is 24.3 Å². The fourth-order valence-corrected chi connectivity index (χ4v) is 3.88. The normalized spacial score (nSPS) is 12.8. The lowest BCUT2D eigenvalue weighted by molar-refractivity contribution is -0.137. The van der Waals surface area contributed by atoms with Crippen molar-refractivity contribution in [3.8, 4) is 0 Å². The van der Waals surface area contributed by atoms with Crippen LogP contribution < -0.4 is 10.9 Å². The summed E-state index contributed by atoms with van der Waals surface area (Å²) in [5, 5.41) is 6.49. The van der Waals surface area contributed by atoms with Gasteiger partial charge >= 0.3 is 6.18 Å². The Morgan fingerprint density at radius 3 is 2.69 bits per heavy atom. The van der Waals surface area contributed by atoms with Crippen molar-refractivity contribution in [3.63, 3.8) is 0 Å². The van der Waals surface area contributed by atoms with Crippen LogP contribution in [0.3, 0.4) is 0 Å². The molecule has 0 saturated heterocycles. The summed E-state index contributed by atoms with van der Waals surface area (Å²) in [4.78, 5) is 34.1. The molecule has 1 aliphatic carbocycles. The highest BCUT2D eigenvalue weighted by molar-refractivity contribution is 5.93. The molecule has 0 unspecified atom stereocenters. The van der Waals surface area contributed by atoms with Gasteiger partial charge in [0.25, 0.3) is 17.4 Å². The zero-order valence-corrected chi connectivity index (χ0v) is 18.6. The van der Waals surface area contributed by atoms with E-state index in [-0.39, 0.29) is 24.5 Å². The number of carbonyl (C=O) groups excluding carboxylic acids is 1. The zero-order valence-electron chi connectivity index (χ0n) is 18.6. The Bertz CT molecular complexity index is 1520. The molecule has 0 atom stereocenters. The van der Waals surface area contributed by atoms with Crippen molar-refractivity contribution in [3.05, 3.63) is 117 Å². The predicted molar refractivity (Wildman–Crippen MR) is 122 cm³/mol. The fourth-order valence-electron chi connectivity index (χ4n) is 3.88. The lowest BCUT2D eigenvalue weighted by Crippen LogP contribution is -2.32. The standard InChI is InChI=1S/C25H18F3N5O3/c26-25(27,28)16-7-5-15(6-8-16)14-33-12-2-4-19(24(33)35)22(34)30-13-21-31-23(36-32-21)18-9-10-20-17(18)3-1-11-29-20/h1-9,11-12H,10,13-14H2,(H,30,34). The molecule has 36 heavy (non-hydrogen) atoms. The van der Waals surface area contributed by atoms with Crippen molar-refractivity contribution in [1.29, 1.82) is 0 Å². The second-order valence-corrected chi connectivity index (χ2v) is 8.07. The maximum atomic E-state index is 12.8. The van der Waals surface area contributed by atoms with Gasteiger partial charge < -0.3 is 14.4 Å². The van der Waals surface area contributed by atoms with E-state index < -0.39 is 23.2 Å². The summed E-state index contributed by atoms with van der Waals surface area (Å²) in [7, 11) is 0. The number of aromatic nitrogens is 4. The molecule has 1 aliphatic rings. The molecular weight excluding hydrogens is 475 g/mol. The summed E-state index contributed by atoms with van der Waals surface area (Å²) in [6.07, 6.45) is 1.33. The fraction of sp³-hybridized carbons (Fsp3) is 0.160. The molecule has 3 aromatic heterocycles. The molecule has 4 aromatic rings. The molecule has 0 saturated carbocycles. The summed E-state index contributed by atoms with van der Waals surface area (Å²) in [5.74, 6) is -0.0926. The van der Waals surface area contributed by atoms with E-state index in [1.54, 1.807) is 6.20 Å². The first-order valence-electron chi connectivity index (χ1n) is 10.9. The minimum absolute atomic E-state index is 0.0116. The Kier molecular flexibility index (Phi) is 5.96. The molecule has 0 bridgehead atoms. The topological polar surface area (TPSA) is 103 Å². The molecule has 0 aliphatic heterocycles. The molecule has 8 nitrogen and oxygen atoms in total. The number of rotatable bonds is 6. The van der Waals surface area contributed by atoms with Gasteiger partial charge in [-0.05, 0) is 35.9 Å². The van der Waals surface area contributed by atoms with Crippen LogP contribution in [0.15, 0.2) is 76.3 Å². The van der Waals surface area contributed by atoms with Crippen LogP contribution in [0.5, 0.6) is 0 Å². The van der Waals surface area contributed by atoms with Crippen LogP contribution in [0.2, 0.25) is 0 Å². The largest absolute Gasteiger partial charge is 0.416 e. The van der Waals surface area contributed by atoms with E-state index in [0.29, 0.717) is 17.9 Å². The van der Waals surface area contributed by atoms with Gasteiger partial charge in [-0.3, -0.25) is 14.6 Å². The van der Waals surface area contributed by atoms with Crippen molar-refractivity contribution in [2.24, 2.45) is 0 Å². The highest BCUT2D eigenvalue weighted by atomic mass is 19.4. The third-order valence-corrected chi connectivity index (χ3v) is 5.68. The minimum Gasteiger partial charge on any atom is -0.344 e. The molecule has 1 N–H and O–H groups in total. The number of nitrogens with zero attached hydrogens (tertiary/aromatic N) is 4. The predicted octanol–water partition coefficient (Wildman–Crippen LogP) is 3.61. The number of pyridine rings is 2. The molecule has 1 amide bonds. The summed E-state index contributed by atoms with van der Waals surface area (Å²) in [6, 6.07) is 11.1. The zero-order chi connectivity index (χ0) is 25.3. The third kappa shape index (κ3) is 4.67. The first-order valence-corrected chi connectivity index (χ1v) is 10.9. The summed E-state index contributed by atoms with van der Waals surface area (Å²) >= 11 is 0. The van der Waals surface area contributed by atoms with E-state index in [9.17, 15) is 22.8 Å². The van der Waals surface area contributed by atoms with Crippen LogP contribution in [-0.4, -0.2) is 25.6 Å². The molecule has 11 heteroatoms. The Labute approximate surface area is 202 Å². The van der Waals surface area contributed by atoms with Crippen molar-refractivity contribution >= 4 is 11.5 Å². The Morgan fingerprint density at radius 1 is 1.11 bits per heavy atom. The number of benzene rings is 1. The maximum absolute atomic E-state index is 12.8. The number of carbonyl (C=O) groups is 1. The monoisotopic (exact) mass is 493 g/mol. The number of hydrogen-bond acceptors (Lipinski definition) is 6. The number of amides is 1. The first-order chi connectivity index (χ1) is 17.3. The van der Waals surface area contributed by atoms with Crippen LogP contribution in [0.25, 0.3) is 5.57 Å². The lowest BCUT2D eigenvalue weighted by Gasteiger charge is -2.10. The van der Waals surface area contributed by atoms with E-state index in [4.69, 9.17) is 4.52 Å². The van der Waals surface area contributed by atoms with Crippen LogP contribution in [0.4, 0.5) is 13.2 Å². The van der Waals surface area contributed by atoms with Crippen LogP contribution in [0, 0.1) is 0 Å². The number of allylic oxidation sites excluding steroid dienone is 1. The summed E-state index contributed by atoms with van der Waals surface area (Å²) in [5.41, 5.74) is 1.61. The van der Waals surface area contributed by atoms with Crippen molar-refractivity contribution < 1.29 is 22.5 Å². The van der Waals surface area contributed by atoms with Gasteiger partial charge in [-0.15, -0.1) is 0 Å². The Morgan fingerprint density at radius 2 is 1.92 bits per heavy atom. The van der Waals surface area contributed by atoms with Gasteiger partial charge in [0.1, 0.15) is 5.56 Å². The van der Waals surface area contributed by atoms with Crippen LogP contribution in [0.1, 0.15) is 44.5 Å². The molecule has 3 heterocycles. The highest BCUT2D eigenvalue weighted by Crippen LogP contribution is 2.30. The van der Waals surface area contributed by atoms with Crippen molar-refractivity contribution in [2.75, 3.05) is 0 Å².